The highest BCUT2D eigenvalue weighted by atomic mass is 16.7. The summed E-state index contributed by atoms with van der Waals surface area (Å²) in [7, 11) is 0.191. The fourth-order valence-electron chi connectivity index (χ4n) is 0.131. The SMILES string of the molecule is CCOBON. The van der Waals surface area contributed by atoms with Gasteiger partial charge in [-0.15, -0.1) is 0 Å². The number of rotatable bonds is 3. The Kier molecular flexibility index (Phi) is 4.90. The normalized spacial score (nSPS) is 8.33. The molecule has 0 saturated heterocycles. The minimum Gasteiger partial charge on any atom is -0.413 e. The molecule has 0 rings (SSSR count). The Hall–Kier alpha value is -0.0551. The topological polar surface area (TPSA) is 44.5 Å². The summed E-state index contributed by atoms with van der Waals surface area (Å²) < 4.78 is 8.70. The fraction of sp³-hybridized carbons (Fsp3) is 1.00. The molecule has 0 radical (unpaired) electrons. The zero-order chi connectivity index (χ0) is 4.83. The van der Waals surface area contributed by atoms with Crippen LogP contribution in [0.2, 0.25) is 0 Å². The predicted octanol–water partition coefficient (Wildman–Crippen LogP) is -0.820. The summed E-state index contributed by atoms with van der Waals surface area (Å²) in [4.78, 5) is 0. The Labute approximate surface area is 37.7 Å². The molecular weight excluding hydrogens is 80.8 g/mol. The molecule has 0 aliphatic heterocycles. The lowest BCUT2D eigenvalue weighted by Gasteiger charge is -1.90. The molecule has 0 atom stereocenters. The maximum Gasteiger partial charge on any atom is 0.456 e. The first kappa shape index (κ1) is 5.94. The van der Waals surface area contributed by atoms with Crippen molar-refractivity contribution in [2.75, 3.05) is 6.61 Å². The number of hydrogen-bond donors (Lipinski definition) is 1. The van der Waals surface area contributed by atoms with E-state index in [0.717, 1.165) is 0 Å². The van der Waals surface area contributed by atoms with Gasteiger partial charge in [0.1, 0.15) is 0 Å². The molecule has 0 fully saturated rings. The van der Waals surface area contributed by atoms with Gasteiger partial charge in [-0.2, -0.15) is 0 Å². The average Bonchev–Trinajstić information content (AvgIpc) is 1.61. The van der Waals surface area contributed by atoms with Crippen LogP contribution in [0.25, 0.3) is 0 Å². The van der Waals surface area contributed by atoms with E-state index < -0.39 is 0 Å². The molecule has 4 heteroatoms. The second kappa shape index (κ2) is 4.94. The lowest BCUT2D eigenvalue weighted by molar-refractivity contribution is 0.236. The number of hydrogen-bond acceptors (Lipinski definition) is 3. The fourth-order valence-corrected chi connectivity index (χ4v) is 0.131. The molecule has 0 aromatic heterocycles. The Morgan fingerprint density at radius 3 is 2.67 bits per heavy atom. The molecule has 0 heterocycles. The van der Waals surface area contributed by atoms with Crippen molar-refractivity contribution in [2.24, 2.45) is 5.90 Å². The van der Waals surface area contributed by atoms with Crippen LogP contribution >= 0.6 is 0 Å². The predicted molar refractivity (Wildman–Crippen MR) is 24.0 cm³/mol. The third-order valence-corrected chi connectivity index (χ3v) is 0.355. The Morgan fingerprint density at radius 1 is 1.83 bits per heavy atom. The van der Waals surface area contributed by atoms with E-state index in [1.54, 1.807) is 0 Å². The summed E-state index contributed by atoms with van der Waals surface area (Å²) in [6.45, 7) is 2.52. The van der Waals surface area contributed by atoms with Crippen molar-refractivity contribution in [3.63, 3.8) is 0 Å². The van der Waals surface area contributed by atoms with Crippen LogP contribution in [0, 0.1) is 0 Å². The van der Waals surface area contributed by atoms with E-state index in [-0.39, 0.29) is 7.69 Å². The third kappa shape index (κ3) is 3.94. The van der Waals surface area contributed by atoms with Crippen molar-refractivity contribution in [1.29, 1.82) is 0 Å². The van der Waals surface area contributed by atoms with Crippen LogP contribution < -0.4 is 5.90 Å². The second-order valence-electron chi connectivity index (χ2n) is 0.777. The molecule has 0 aliphatic carbocycles. The van der Waals surface area contributed by atoms with Crippen LogP contribution in [0.5, 0.6) is 0 Å². The van der Waals surface area contributed by atoms with Crippen LogP contribution in [-0.4, -0.2) is 14.3 Å². The number of nitrogens with two attached hydrogens (primary N) is 1. The van der Waals surface area contributed by atoms with Gasteiger partial charge in [0.05, 0.1) is 0 Å². The molecule has 0 aliphatic rings. The highest BCUT2D eigenvalue weighted by molar-refractivity contribution is 6.17. The zero-order valence-electron chi connectivity index (χ0n) is 3.81. The van der Waals surface area contributed by atoms with Gasteiger partial charge in [0.15, 0.2) is 0 Å². The lowest BCUT2D eigenvalue weighted by Crippen LogP contribution is -2.08. The van der Waals surface area contributed by atoms with Crippen molar-refractivity contribution < 1.29 is 9.41 Å². The van der Waals surface area contributed by atoms with Crippen LogP contribution in [0.1, 0.15) is 6.92 Å². The van der Waals surface area contributed by atoms with Crippen molar-refractivity contribution in [3.8, 4) is 0 Å². The molecule has 0 bridgehead atoms. The monoisotopic (exact) mass is 89.1 g/mol. The van der Waals surface area contributed by atoms with Gasteiger partial charge in [-0.1, -0.05) is 0 Å². The summed E-state index contributed by atoms with van der Waals surface area (Å²) >= 11 is 0. The smallest absolute Gasteiger partial charge is 0.413 e. The van der Waals surface area contributed by atoms with E-state index in [0.29, 0.717) is 6.61 Å². The van der Waals surface area contributed by atoms with E-state index >= 15 is 0 Å². The third-order valence-electron chi connectivity index (χ3n) is 0.355. The average molecular weight is 88.9 g/mol. The minimum atomic E-state index is 0.191. The van der Waals surface area contributed by atoms with Crippen LogP contribution in [0.15, 0.2) is 0 Å². The lowest BCUT2D eigenvalue weighted by atomic mass is 10.4. The zero-order valence-corrected chi connectivity index (χ0v) is 3.81. The molecule has 0 unspecified atom stereocenters. The maximum atomic E-state index is 4.64. The van der Waals surface area contributed by atoms with E-state index in [2.05, 4.69) is 15.3 Å². The first-order valence-electron chi connectivity index (χ1n) is 1.81. The molecule has 0 aromatic carbocycles. The Bertz CT molecular complexity index is 23.5. The summed E-state index contributed by atoms with van der Waals surface area (Å²) in [5.74, 6) is 4.59. The molecule has 6 heavy (non-hydrogen) atoms. The summed E-state index contributed by atoms with van der Waals surface area (Å²) in [6.07, 6.45) is 0. The molecular formula is C2H8BNO2. The van der Waals surface area contributed by atoms with E-state index in [1.807, 2.05) is 6.92 Å². The summed E-state index contributed by atoms with van der Waals surface area (Å²) in [5.41, 5.74) is 0. The largest absolute Gasteiger partial charge is 0.456 e. The van der Waals surface area contributed by atoms with Gasteiger partial charge in [0.25, 0.3) is 0 Å². The summed E-state index contributed by atoms with van der Waals surface area (Å²) in [5, 5.41) is 0. The van der Waals surface area contributed by atoms with Crippen molar-refractivity contribution in [3.05, 3.63) is 0 Å². The second-order valence-corrected chi connectivity index (χ2v) is 0.777. The molecule has 2 N–H and O–H groups in total. The highest BCUT2D eigenvalue weighted by Gasteiger charge is 1.79. The maximum absolute atomic E-state index is 4.64. The molecule has 3 nitrogen and oxygen atoms in total. The van der Waals surface area contributed by atoms with Gasteiger partial charge in [0, 0.05) is 6.61 Å². The first-order chi connectivity index (χ1) is 2.91. The highest BCUT2D eigenvalue weighted by Crippen LogP contribution is 1.62. The van der Waals surface area contributed by atoms with E-state index in [4.69, 9.17) is 0 Å². The first-order valence-corrected chi connectivity index (χ1v) is 1.81. The van der Waals surface area contributed by atoms with Crippen molar-refractivity contribution in [1.82, 2.24) is 0 Å². The minimum absolute atomic E-state index is 0.191. The molecule has 0 amide bonds. The van der Waals surface area contributed by atoms with Gasteiger partial charge in [-0.25, -0.2) is 5.90 Å². The van der Waals surface area contributed by atoms with Gasteiger partial charge in [-0.3, -0.25) is 0 Å². The van der Waals surface area contributed by atoms with Gasteiger partial charge >= 0.3 is 7.69 Å². The molecule has 0 aromatic rings. The van der Waals surface area contributed by atoms with Crippen LogP contribution in [0.3, 0.4) is 0 Å². The van der Waals surface area contributed by atoms with Crippen LogP contribution in [0.4, 0.5) is 0 Å². The molecule has 36 valence electrons. The Morgan fingerprint density at radius 2 is 2.50 bits per heavy atom. The van der Waals surface area contributed by atoms with E-state index in [9.17, 15) is 0 Å². The quantitative estimate of drug-likeness (QED) is 0.279. The van der Waals surface area contributed by atoms with E-state index in [1.165, 1.54) is 0 Å². The van der Waals surface area contributed by atoms with Gasteiger partial charge < -0.3 is 9.41 Å². The molecule has 0 spiro atoms. The van der Waals surface area contributed by atoms with Gasteiger partial charge in [-0.05, 0) is 6.92 Å². The Balaban J connectivity index is 2.34. The van der Waals surface area contributed by atoms with Crippen LogP contribution in [-0.2, 0) is 9.41 Å². The van der Waals surface area contributed by atoms with Gasteiger partial charge in [0.2, 0.25) is 0 Å². The molecule has 0 saturated carbocycles. The standard InChI is InChI=1S/C2H8BNO2/c1-2-5-3-6-4/h3H,2,4H2,1H3. The van der Waals surface area contributed by atoms with Crippen molar-refractivity contribution in [2.45, 2.75) is 6.92 Å². The van der Waals surface area contributed by atoms with Crippen molar-refractivity contribution >= 4 is 7.69 Å². The summed E-state index contributed by atoms with van der Waals surface area (Å²) in [6, 6.07) is 0.